The Morgan fingerprint density at radius 2 is 1.89 bits per heavy atom. The molecule has 5 heteroatoms. The zero-order valence-corrected chi connectivity index (χ0v) is 13.3. The van der Waals surface area contributed by atoms with E-state index in [1.165, 1.54) is 13.2 Å². The highest BCUT2D eigenvalue weighted by atomic mass is 79.9. The van der Waals surface area contributed by atoms with E-state index in [1.54, 1.807) is 12.1 Å². The molecule has 0 radical (unpaired) electrons. The summed E-state index contributed by atoms with van der Waals surface area (Å²) < 4.78 is 20.2. The Bertz CT molecular complexity index is 604. The van der Waals surface area contributed by atoms with Gasteiger partial charge in [0.25, 0.3) is 0 Å². The molecule has 2 aromatic carbocycles. The van der Waals surface area contributed by atoms with Crippen LogP contribution in [0.1, 0.15) is 17.2 Å². The van der Waals surface area contributed by atoms with Crippen molar-refractivity contribution in [1.82, 2.24) is 0 Å². The first-order valence-electron chi connectivity index (χ1n) is 5.57. The molecule has 2 N–H and O–H groups in total. The van der Waals surface area contributed by atoms with E-state index in [2.05, 4.69) is 31.9 Å². The van der Waals surface area contributed by atoms with E-state index in [9.17, 15) is 4.39 Å². The van der Waals surface area contributed by atoms with Crippen molar-refractivity contribution in [3.8, 4) is 5.75 Å². The van der Waals surface area contributed by atoms with Gasteiger partial charge in [-0.1, -0.05) is 37.9 Å². The normalized spacial score (nSPS) is 12.3. The first-order valence-corrected chi connectivity index (χ1v) is 7.15. The number of ether oxygens (including phenoxy) is 1. The Morgan fingerprint density at radius 3 is 2.58 bits per heavy atom. The van der Waals surface area contributed by atoms with Crippen LogP contribution in [0.2, 0.25) is 0 Å². The van der Waals surface area contributed by atoms with Crippen LogP contribution >= 0.6 is 31.9 Å². The van der Waals surface area contributed by atoms with E-state index >= 15 is 0 Å². The zero-order chi connectivity index (χ0) is 14.0. The van der Waals surface area contributed by atoms with Crippen molar-refractivity contribution in [3.05, 3.63) is 62.3 Å². The SMILES string of the molecule is COc1cc(C(N)c2cc(Br)ccc2Br)ccc1F. The molecule has 0 fully saturated rings. The van der Waals surface area contributed by atoms with Gasteiger partial charge in [0.15, 0.2) is 11.6 Å². The van der Waals surface area contributed by atoms with Gasteiger partial charge in [0.2, 0.25) is 0 Å². The predicted molar refractivity (Wildman–Crippen MR) is 80.8 cm³/mol. The Morgan fingerprint density at radius 1 is 1.16 bits per heavy atom. The summed E-state index contributed by atoms with van der Waals surface area (Å²) in [5.74, 6) is -0.203. The molecule has 0 saturated heterocycles. The first kappa shape index (κ1) is 14.5. The third kappa shape index (κ3) is 3.16. The molecule has 0 aromatic heterocycles. The van der Waals surface area contributed by atoms with Gasteiger partial charge in [-0.25, -0.2) is 4.39 Å². The lowest BCUT2D eigenvalue weighted by atomic mass is 9.99. The average molecular weight is 389 g/mol. The molecular weight excluding hydrogens is 377 g/mol. The van der Waals surface area contributed by atoms with E-state index < -0.39 is 5.82 Å². The molecule has 0 aliphatic rings. The van der Waals surface area contributed by atoms with Crippen molar-refractivity contribution in [2.45, 2.75) is 6.04 Å². The second kappa shape index (κ2) is 6.03. The van der Waals surface area contributed by atoms with Crippen LogP contribution in [-0.4, -0.2) is 7.11 Å². The van der Waals surface area contributed by atoms with Gasteiger partial charge in [0.1, 0.15) is 0 Å². The van der Waals surface area contributed by atoms with Crippen LogP contribution in [-0.2, 0) is 0 Å². The minimum atomic E-state index is -0.397. The largest absolute Gasteiger partial charge is 0.494 e. The Labute approximate surface area is 128 Å². The van der Waals surface area contributed by atoms with Crippen molar-refractivity contribution in [2.75, 3.05) is 7.11 Å². The maximum Gasteiger partial charge on any atom is 0.165 e. The summed E-state index contributed by atoms with van der Waals surface area (Å²) in [7, 11) is 1.43. The smallest absolute Gasteiger partial charge is 0.165 e. The molecule has 2 nitrogen and oxygen atoms in total. The van der Waals surface area contributed by atoms with Gasteiger partial charge in [-0.05, 0) is 41.5 Å². The summed E-state index contributed by atoms with van der Waals surface area (Å²) >= 11 is 6.89. The number of nitrogens with two attached hydrogens (primary N) is 1. The van der Waals surface area contributed by atoms with Crippen LogP contribution in [0.4, 0.5) is 4.39 Å². The lowest BCUT2D eigenvalue weighted by Gasteiger charge is -2.16. The molecule has 2 aromatic rings. The third-order valence-electron chi connectivity index (χ3n) is 2.83. The topological polar surface area (TPSA) is 35.2 Å². The lowest BCUT2D eigenvalue weighted by molar-refractivity contribution is 0.385. The van der Waals surface area contributed by atoms with Crippen molar-refractivity contribution in [3.63, 3.8) is 0 Å². The number of hydrogen-bond donors (Lipinski definition) is 1. The van der Waals surface area contributed by atoms with Gasteiger partial charge >= 0.3 is 0 Å². The quantitative estimate of drug-likeness (QED) is 0.845. The summed E-state index contributed by atoms with van der Waals surface area (Å²) in [5, 5.41) is 0. The van der Waals surface area contributed by atoms with E-state index in [4.69, 9.17) is 10.5 Å². The van der Waals surface area contributed by atoms with Crippen LogP contribution in [0.5, 0.6) is 5.75 Å². The van der Waals surface area contributed by atoms with Crippen molar-refractivity contribution >= 4 is 31.9 Å². The fourth-order valence-corrected chi connectivity index (χ4v) is 2.67. The number of methoxy groups -OCH3 is 1. The molecule has 0 heterocycles. The molecule has 0 amide bonds. The van der Waals surface area contributed by atoms with E-state index in [-0.39, 0.29) is 11.8 Å². The summed E-state index contributed by atoms with van der Waals surface area (Å²) in [6, 6.07) is 10.1. The van der Waals surface area contributed by atoms with Gasteiger partial charge in [0.05, 0.1) is 13.2 Å². The molecule has 19 heavy (non-hydrogen) atoms. The number of benzene rings is 2. The molecule has 0 saturated carbocycles. The first-order chi connectivity index (χ1) is 9.02. The number of halogens is 3. The molecule has 100 valence electrons. The maximum absolute atomic E-state index is 13.4. The maximum atomic E-state index is 13.4. The second-order valence-electron chi connectivity index (χ2n) is 4.04. The van der Waals surface area contributed by atoms with Gasteiger partial charge in [-0.2, -0.15) is 0 Å². The van der Waals surface area contributed by atoms with Gasteiger partial charge < -0.3 is 10.5 Å². The van der Waals surface area contributed by atoms with E-state index in [1.807, 2.05) is 18.2 Å². The molecule has 0 spiro atoms. The molecule has 0 aliphatic carbocycles. The van der Waals surface area contributed by atoms with E-state index in [0.717, 1.165) is 20.1 Å². The van der Waals surface area contributed by atoms with Gasteiger partial charge in [-0.15, -0.1) is 0 Å². The summed E-state index contributed by atoms with van der Waals surface area (Å²) in [6.45, 7) is 0. The Kier molecular flexibility index (Phi) is 4.60. The molecule has 2 rings (SSSR count). The Balaban J connectivity index is 2.43. The van der Waals surface area contributed by atoms with Crippen LogP contribution < -0.4 is 10.5 Å². The van der Waals surface area contributed by atoms with Gasteiger partial charge in [0, 0.05) is 8.95 Å². The van der Waals surface area contributed by atoms with Crippen LogP contribution in [0, 0.1) is 5.82 Å². The van der Waals surface area contributed by atoms with Crippen molar-refractivity contribution in [1.29, 1.82) is 0 Å². The minimum Gasteiger partial charge on any atom is -0.494 e. The lowest BCUT2D eigenvalue weighted by Crippen LogP contribution is -2.13. The average Bonchev–Trinajstić information content (AvgIpc) is 2.41. The summed E-state index contributed by atoms with van der Waals surface area (Å²) in [6.07, 6.45) is 0. The fourth-order valence-electron chi connectivity index (χ4n) is 1.80. The number of rotatable bonds is 3. The van der Waals surface area contributed by atoms with Crippen LogP contribution in [0.25, 0.3) is 0 Å². The highest BCUT2D eigenvalue weighted by molar-refractivity contribution is 9.11. The van der Waals surface area contributed by atoms with Crippen molar-refractivity contribution < 1.29 is 9.13 Å². The highest BCUT2D eigenvalue weighted by Gasteiger charge is 2.15. The zero-order valence-electron chi connectivity index (χ0n) is 10.2. The molecule has 1 unspecified atom stereocenters. The van der Waals surface area contributed by atoms with Crippen LogP contribution in [0.3, 0.4) is 0 Å². The fraction of sp³-hybridized carbons (Fsp3) is 0.143. The third-order valence-corrected chi connectivity index (χ3v) is 4.04. The summed E-state index contributed by atoms with van der Waals surface area (Å²) in [4.78, 5) is 0. The molecule has 1 atom stereocenters. The minimum absolute atomic E-state index is 0.194. The van der Waals surface area contributed by atoms with Gasteiger partial charge in [-0.3, -0.25) is 0 Å². The highest BCUT2D eigenvalue weighted by Crippen LogP contribution is 2.31. The number of hydrogen-bond acceptors (Lipinski definition) is 2. The monoisotopic (exact) mass is 387 g/mol. The molecule has 0 bridgehead atoms. The van der Waals surface area contributed by atoms with Crippen LogP contribution in [0.15, 0.2) is 45.3 Å². The van der Waals surface area contributed by atoms with Crippen molar-refractivity contribution in [2.24, 2.45) is 5.73 Å². The second-order valence-corrected chi connectivity index (χ2v) is 5.81. The molecular formula is C14H12Br2FNO. The van der Waals surface area contributed by atoms with E-state index in [0.29, 0.717) is 0 Å². The predicted octanol–water partition coefficient (Wildman–Crippen LogP) is 4.41. The molecule has 0 aliphatic heterocycles. The summed E-state index contributed by atoms with van der Waals surface area (Å²) in [5.41, 5.74) is 7.94. The standard InChI is InChI=1S/C14H12Br2FNO/c1-19-13-6-8(2-5-12(13)17)14(18)10-7-9(15)3-4-11(10)16/h2-7,14H,18H2,1H3. The Hall–Kier alpha value is -0.910.